The van der Waals surface area contributed by atoms with Crippen molar-refractivity contribution in [3.05, 3.63) is 0 Å². The van der Waals surface area contributed by atoms with Gasteiger partial charge < -0.3 is 0 Å². The van der Waals surface area contributed by atoms with E-state index in [1.54, 1.807) is 13.8 Å². The summed E-state index contributed by atoms with van der Waals surface area (Å²) in [6.45, 7) is 3.39. The third-order valence-corrected chi connectivity index (χ3v) is 4.38. The number of alkyl halides is 4. The minimum Gasteiger partial charge on any atom is -0.212 e. The monoisotopic (exact) mass is 295 g/mol. The summed E-state index contributed by atoms with van der Waals surface area (Å²) >= 11 is 5.56. The number of sulfonamides is 1. The highest BCUT2D eigenvalue weighted by Gasteiger charge is 2.28. The van der Waals surface area contributed by atoms with Crippen LogP contribution in [0.1, 0.15) is 26.7 Å². The molecule has 1 N–H and O–H groups in total. The van der Waals surface area contributed by atoms with Crippen molar-refractivity contribution in [3.63, 3.8) is 0 Å². The third kappa shape index (κ3) is 8.68. The molecule has 0 fully saturated rings. The van der Waals surface area contributed by atoms with Crippen LogP contribution in [0.2, 0.25) is 0 Å². The Kier molecular flexibility index (Phi) is 6.79. The van der Waals surface area contributed by atoms with Gasteiger partial charge in [-0.2, -0.15) is 13.2 Å². The van der Waals surface area contributed by atoms with Crippen LogP contribution in [0.4, 0.5) is 13.2 Å². The summed E-state index contributed by atoms with van der Waals surface area (Å²) in [5.41, 5.74) is 0. The van der Waals surface area contributed by atoms with Gasteiger partial charge in [-0.1, -0.05) is 6.92 Å². The molecule has 0 radical (unpaired) electrons. The van der Waals surface area contributed by atoms with E-state index in [1.807, 2.05) is 0 Å². The average Bonchev–Trinajstić information content (AvgIpc) is 2.13. The minimum absolute atomic E-state index is 0.0749. The van der Waals surface area contributed by atoms with Gasteiger partial charge in [0, 0.05) is 18.3 Å². The minimum atomic E-state index is -4.31. The molecule has 104 valence electrons. The second-order valence-corrected chi connectivity index (χ2v) is 6.26. The number of hydrogen-bond donors (Lipinski definition) is 1. The molecule has 0 aliphatic heterocycles. The van der Waals surface area contributed by atoms with Crippen molar-refractivity contribution < 1.29 is 21.6 Å². The number of rotatable bonds is 7. The lowest BCUT2D eigenvalue weighted by atomic mass is 10.1. The topological polar surface area (TPSA) is 46.2 Å². The van der Waals surface area contributed by atoms with Crippen molar-refractivity contribution in [1.82, 2.24) is 4.72 Å². The molecule has 0 saturated carbocycles. The molecule has 0 aliphatic rings. The second-order valence-electron chi connectivity index (χ2n) is 4.08. The fourth-order valence-electron chi connectivity index (χ4n) is 1.05. The van der Waals surface area contributed by atoms with Gasteiger partial charge in [-0.05, 0) is 19.3 Å². The van der Waals surface area contributed by atoms with E-state index in [0.29, 0.717) is 0 Å². The van der Waals surface area contributed by atoms with E-state index in [4.69, 9.17) is 11.6 Å². The zero-order valence-electron chi connectivity index (χ0n) is 9.72. The predicted octanol–water partition coefficient (Wildman–Crippen LogP) is 2.51. The number of halogens is 4. The first kappa shape index (κ1) is 17.0. The molecule has 0 spiro atoms. The summed E-state index contributed by atoms with van der Waals surface area (Å²) in [5.74, 6) is -0.313. The van der Waals surface area contributed by atoms with Crippen LogP contribution in [0.15, 0.2) is 0 Å². The highest BCUT2D eigenvalue weighted by molar-refractivity contribution is 7.89. The van der Waals surface area contributed by atoms with Gasteiger partial charge in [-0.15, -0.1) is 11.6 Å². The summed E-state index contributed by atoms with van der Waals surface area (Å²) in [6.07, 6.45) is -5.83. The SMILES string of the molecule is CC(CCl)C(C)NS(=O)(=O)CCCC(F)(F)F. The van der Waals surface area contributed by atoms with Crippen LogP contribution in [-0.2, 0) is 10.0 Å². The Balaban J connectivity index is 4.13. The van der Waals surface area contributed by atoms with Crippen LogP contribution in [0.3, 0.4) is 0 Å². The smallest absolute Gasteiger partial charge is 0.212 e. The molecule has 0 saturated heterocycles. The van der Waals surface area contributed by atoms with Crippen molar-refractivity contribution in [1.29, 1.82) is 0 Å². The lowest BCUT2D eigenvalue weighted by Gasteiger charge is -2.19. The Morgan fingerprint density at radius 2 is 1.82 bits per heavy atom. The molecule has 0 amide bonds. The van der Waals surface area contributed by atoms with Crippen molar-refractivity contribution in [2.75, 3.05) is 11.6 Å². The largest absolute Gasteiger partial charge is 0.389 e. The molecular weight excluding hydrogens is 279 g/mol. The summed E-state index contributed by atoms with van der Waals surface area (Å²) in [7, 11) is -3.67. The van der Waals surface area contributed by atoms with Gasteiger partial charge in [-0.3, -0.25) is 0 Å². The van der Waals surface area contributed by atoms with E-state index in [-0.39, 0.29) is 17.8 Å². The third-order valence-electron chi connectivity index (χ3n) is 2.34. The van der Waals surface area contributed by atoms with E-state index in [2.05, 4.69) is 4.72 Å². The Morgan fingerprint density at radius 3 is 2.24 bits per heavy atom. The van der Waals surface area contributed by atoms with Crippen molar-refractivity contribution >= 4 is 21.6 Å². The zero-order chi connectivity index (χ0) is 13.7. The Hall–Kier alpha value is -0.0100. The normalized spacial score (nSPS) is 16.8. The fraction of sp³-hybridized carbons (Fsp3) is 1.00. The zero-order valence-corrected chi connectivity index (χ0v) is 11.3. The molecule has 0 aliphatic carbocycles. The highest BCUT2D eigenvalue weighted by atomic mass is 35.5. The molecule has 2 unspecified atom stereocenters. The molecule has 0 aromatic heterocycles. The molecule has 0 aromatic carbocycles. The summed E-state index contributed by atoms with van der Waals surface area (Å²) in [5, 5.41) is 0. The van der Waals surface area contributed by atoms with Gasteiger partial charge >= 0.3 is 6.18 Å². The molecule has 0 heterocycles. The Morgan fingerprint density at radius 1 is 1.29 bits per heavy atom. The van der Waals surface area contributed by atoms with Crippen molar-refractivity contribution in [3.8, 4) is 0 Å². The first-order valence-electron chi connectivity index (χ1n) is 5.20. The number of hydrogen-bond acceptors (Lipinski definition) is 2. The summed E-state index contributed by atoms with van der Waals surface area (Å²) in [6, 6.07) is -0.386. The van der Waals surface area contributed by atoms with E-state index in [0.717, 1.165) is 0 Å². The standard InChI is InChI=1S/C9H17ClF3NO2S/c1-7(6-10)8(2)14-17(15,16)5-3-4-9(11,12)13/h7-8,14H,3-6H2,1-2H3. The van der Waals surface area contributed by atoms with Gasteiger partial charge in [0.1, 0.15) is 0 Å². The molecule has 3 nitrogen and oxygen atoms in total. The predicted molar refractivity (Wildman–Crippen MR) is 61.6 cm³/mol. The molecule has 8 heteroatoms. The van der Waals surface area contributed by atoms with Crippen LogP contribution < -0.4 is 4.72 Å². The Labute approximate surface area is 105 Å². The average molecular weight is 296 g/mol. The number of nitrogens with one attached hydrogen (secondary N) is 1. The van der Waals surface area contributed by atoms with E-state index in [1.165, 1.54) is 0 Å². The van der Waals surface area contributed by atoms with Crippen LogP contribution in [0.25, 0.3) is 0 Å². The maximum atomic E-state index is 11.8. The van der Waals surface area contributed by atoms with E-state index in [9.17, 15) is 21.6 Å². The second kappa shape index (κ2) is 6.80. The summed E-state index contributed by atoms with van der Waals surface area (Å²) < 4.78 is 60.7. The van der Waals surface area contributed by atoms with Crippen LogP contribution in [0, 0.1) is 5.92 Å². The molecule has 17 heavy (non-hydrogen) atoms. The van der Waals surface area contributed by atoms with Gasteiger partial charge in [-0.25, -0.2) is 13.1 Å². The van der Waals surface area contributed by atoms with Crippen LogP contribution in [-0.4, -0.2) is 32.3 Å². The Bertz CT molecular complexity index is 319. The first-order valence-corrected chi connectivity index (χ1v) is 7.39. The van der Waals surface area contributed by atoms with Crippen LogP contribution in [0.5, 0.6) is 0 Å². The quantitative estimate of drug-likeness (QED) is 0.734. The van der Waals surface area contributed by atoms with Crippen molar-refractivity contribution in [2.24, 2.45) is 5.92 Å². The molecule has 0 rings (SSSR count). The van der Waals surface area contributed by atoms with E-state index < -0.39 is 34.8 Å². The maximum Gasteiger partial charge on any atom is 0.389 e. The van der Waals surface area contributed by atoms with E-state index >= 15 is 0 Å². The maximum absolute atomic E-state index is 11.8. The molecule has 0 aromatic rings. The lowest BCUT2D eigenvalue weighted by molar-refractivity contribution is -0.134. The van der Waals surface area contributed by atoms with Crippen LogP contribution >= 0.6 is 11.6 Å². The summed E-state index contributed by atoms with van der Waals surface area (Å²) in [4.78, 5) is 0. The van der Waals surface area contributed by atoms with Gasteiger partial charge in [0.05, 0.1) is 5.75 Å². The van der Waals surface area contributed by atoms with Gasteiger partial charge in [0.25, 0.3) is 0 Å². The molecule has 0 bridgehead atoms. The first-order chi connectivity index (χ1) is 7.57. The molecular formula is C9H17ClF3NO2S. The highest BCUT2D eigenvalue weighted by Crippen LogP contribution is 2.21. The fourth-order valence-corrected chi connectivity index (χ4v) is 2.76. The van der Waals surface area contributed by atoms with Crippen molar-refractivity contribution in [2.45, 2.75) is 38.9 Å². The van der Waals surface area contributed by atoms with Gasteiger partial charge in [0.15, 0.2) is 0 Å². The lowest BCUT2D eigenvalue weighted by Crippen LogP contribution is -2.39. The molecule has 2 atom stereocenters. The van der Waals surface area contributed by atoms with Gasteiger partial charge in [0.2, 0.25) is 10.0 Å².